The lowest BCUT2D eigenvalue weighted by Gasteiger charge is -2.18. The number of carbonyl (C=O) groups excluding carboxylic acids is 2. The lowest BCUT2D eigenvalue weighted by Crippen LogP contribution is -2.36. The number of carbonyl (C=O) groups is 2. The predicted octanol–water partition coefficient (Wildman–Crippen LogP) is 3.15. The van der Waals surface area contributed by atoms with E-state index in [9.17, 15) is 19.7 Å². The molecule has 7 heteroatoms. The highest BCUT2D eigenvalue weighted by Crippen LogP contribution is 2.24. The Bertz CT molecular complexity index is 951. The highest BCUT2D eigenvalue weighted by atomic mass is 16.6. The Balaban J connectivity index is 1.59. The highest BCUT2D eigenvalue weighted by Gasteiger charge is 2.31. The van der Waals surface area contributed by atoms with E-state index in [0.29, 0.717) is 12.1 Å². The van der Waals surface area contributed by atoms with Crippen molar-refractivity contribution < 1.29 is 14.5 Å². The first-order valence-corrected chi connectivity index (χ1v) is 8.94. The number of nitro groups is 1. The third-order valence-electron chi connectivity index (χ3n) is 4.80. The average molecular weight is 379 g/mol. The fourth-order valence-electron chi connectivity index (χ4n) is 3.08. The van der Waals surface area contributed by atoms with Gasteiger partial charge in [-0.05, 0) is 60.9 Å². The summed E-state index contributed by atoms with van der Waals surface area (Å²) in [6.45, 7) is 4.45. The van der Waals surface area contributed by atoms with Gasteiger partial charge in [-0.15, -0.1) is 0 Å². The topological polar surface area (TPSA) is 92.6 Å². The third kappa shape index (κ3) is 4.43. The van der Waals surface area contributed by atoms with Crippen LogP contribution in [0, 0.1) is 24.0 Å². The summed E-state index contributed by atoms with van der Waals surface area (Å²) in [6, 6.07) is 11.5. The van der Waals surface area contributed by atoms with Crippen molar-refractivity contribution in [1.29, 1.82) is 0 Å². The van der Waals surface area contributed by atoms with E-state index in [2.05, 4.69) is 5.32 Å². The molecule has 0 saturated carbocycles. The molecule has 2 aromatic carbocycles. The number of hydrogen-bond donors (Lipinski definition) is 1. The number of nitrogens with one attached hydrogen (secondary N) is 1. The van der Waals surface area contributed by atoms with Crippen molar-refractivity contribution in [3.63, 3.8) is 0 Å². The molecule has 1 aliphatic heterocycles. The van der Waals surface area contributed by atoms with Crippen molar-refractivity contribution in [2.24, 2.45) is 0 Å². The zero-order chi connectivity index (χ0) is 20.3. The van der Waals surface area contributed by atoms with Crippen LogP contribution in [0.25, 0.3) is 6.08 Å². The molecule has 1 aliphatic rings. The molecule has 0 spiro atoms. The molecule has 28 heavy (non-hydrogen) atoms. The molecule has 2 aromatic rings. The number of benzene rings is 2. The first-order chi connectivity index (χ1) is 13.3. The number of nitrogens with zero attached hydrogens (tertiary/aromatic N) is 2. The number of nitro benzene ring substituents is 1. The minimum absolute atomic E-state index is 0.00231. The predicted molar refractivity (Wildman–Crippen MR) is 107 cm³/mol. The van der Waals surface area contributed by atoms with Crippen molar-refractivity contribution in [2.45, 2.75) is 26.3 Å². The fraction of sp³-hybridized carbons (Fsp3) is 0.238. The molecule has 144 valence electrons. The number of aryl methyl sites for hydroxylation is 2. The molecule has 0 aromatic heterocycles. The Morgan fingerprint density at radius 2 is 1.89 bits per heavy atom. The van der Waals surface area contributed by atoms with Crippen LogP contribution in [0.4, 0.5) is 11.4 Å². The monoisotopic (exact) mass is 379 g/mol. The molecule has 7 nitrogen and oxygen atoms in total. The minimum atomic E-state index is -0.474. The second-order valence-electron chi connectivity index (χ2n) is 6.86. The van der Waals surface area contributed by atoms with Crippen molar-refractivity contribution in [2.75, 3.05) is 11.4 Å². The first-order valence-electron chi connectivity index (χ1n) is 8.94. The van der Waals surface area contributed by atoms with Gasteiger partial charge in [-0.25, -0.2) is 0 Å². The van der Waals surface area contributed by atoms with Crippen molar-refractivity contribution in [3.8, 4) is 0 Å². The Morgan fingerprint density at radius 1 is 1.18 bits per heavy atom. The van der Waals surface area contributed by atoms with Crippen LogP contribution in [0.1, 0.15) is 23.1 Å². The molecule has 1 atom stereocenters. The molecule has 1 heterocycles. The van der Waals surface area contributed by atoms with E-state index in [1.165, 1.54) is 18.2 Å². The van der Waals surface area contributed by atoms with Crippen LogP contribution in [0.2, 0.25) is 0 Å². The molecule has 1 saturated heterocycles. The van der Waals surface area contributed by atoms with Crippen molar-refractivity contribution >= 4 is 29.3 Å². The van der Waals surface area contributed by atoms with E-state index in [1.54, 1.807) is 23.1 Å². The molecular weight excluding hydrogens is 358 g/mol. The van der Waals surface area contributed by atoms with Gasteiger partial charge in [0, 0.05) is 36.9 Å². The number of amides is 2. The zero-order valence-corrected chi connectivity index (χ0v) is 15.7. The molecule has 0 bridgehead atoms. The summed E-state index contributed by atoms with van der Waals surface area (Å²) < 4.78 is 0. The minimum Gasteiger partial charge on any atom is -0.347 e. The molecule has 1 fully saturated rings. The smallest absolute Gasteiger partial charge is 0.269 e. The summed E-state index contributed by atoms with van der Waals surface area (Å²) in [5.41, 5.74) is 3.80. The fourth-order valence-corrected chi connectivity index (χ4v) is 3.08. The van der Waals surface area contributed by atoms with Gasteiger partial charge in [0.15, 0.2) is 0 Å². The number of hydrogen-bond acceptors (Lipinski definition) is 4. The Labute approximate surface area is 162 Å². The summed E-state index contributed by atoms with van der Waals surface area (Å²) >= 11 is 0. The van der Waals surface area contributed by atoms with Crippen LogP contribution in [0.3, 0.4) is 0 Å². The quantitative estimate of drug-likeness (QED) is 0.491. The van der Waals surface area contributed by atoms with Gasteiger partial charge in [-0.1, -0.05) is 6.07 Å². The first kappa shape index (κ1) is 19.3. The summed E-state index contributed by atoms with van der Waals surface area (Å²) in [4.78, 5) is 36.4. The maximum atomic E-state index is 12.3. The molecule has 1 unspecified atom stereocenters. The van der Waals surface area contributed by atoms with Gasteiger partial charge in [0.05, 0.1) is 11.0 Å². The van der Waals surface area contributed by atoms with E-state index in [4.69, 9.17) is 0 Å². The zero-order valence-electron chi connectivity index (χ0n) is 15.7. The van der Waals surface area contributed by atoms with Gasteiger partial charge in [0.25, 0.3) is 5.69 Å². The van der Waals surface area contributed by atoms with E-state index >= 15 is 0 Å². The second-order valence-corrected chi connectivity index (χ2v) is 6.86. The van der Waals surface area contributed by atoms with E-state index in [-0.39, 0.29) is 30.0 Å². The summed E-state index contributed by atoms with van der Waals surface area (Å²) in [7, 11) is 0. The van der Waals surface area contributed by atoms with Crippen LogP contribution in [0.15, 0.2) is 48.5 Å². The van der Waals surface area contributed by atoms with Gasteiger partial charge in [-0.2, -0.15) is 0 Å². The second kappa shape index (κ2) is 8.04. The number of non-ortho nitro benzene ring substituents is 1. The van der Waals surface area contributed by atoms with E-state index < -0.39 is 4.92 Å². The third-order valence-corrected chi connectivity index (χ3v) is 4.80. The van der Waals surface area contributed by atoms with E-state index in [0.717, 1.165) is 16.8 Å². The molecule has 1 N–H and O–H groups in total. The molecule has 0 radical (unpaired) electrons. The van der Waals surface area contributed by atoms with Crippen molar-refractivity contribution in [1.82, 2.24) is 5.32 Å². The lowest BCUT2D eigenvalue weighted by atomic mass is 10.1. The van der Waals surface area contributed by atoms with E-state index in [1.807, 2.05) is 32.0 Å². The van der Waals surface area contributed by atoms with Crippen LogP contribution < -0.4 is 10.2 Å². The van der Waals surface area contributed by atoms with Crippen LogP contribution >= 0.6 is 0 Å². The molecule has 2 amide bonds. The Kier molecular flexibility index (Phi) is 5.54. The van der Waals surface area contributed by atoms with Crippen LogP contribution in [0.5, 0.6) is 0 Å². The van der Waals surface area contributed by atoms with Gasteiger partial charge >= 0.3 is 0 Å². The molecular formula is C21H21N3O4. The van der Waals surface area contributed by atoms with Crippen LogP contribution in [-0.2, 0) is 9.59 Å². The standard InChI is InChI=1S/C21H21N3O4/c1-14-3-7-19(11-15(14)2)23-13-17(12-21(23)26)22-20(25)10-6-16-4-8-18(9-5-16)24(27)28/h3-11,17H,12-13H2,1-2H3,(H,22,25)/b10-6+. The lowest BCUT2D eigenvalue weighted by molar-refractivity contribution is -0.384. The molecule has 0 aliphatic carbocycles. The Hall–Kier alpha value is -3.48. The summed E-state index contributed by atoms with van der Waals surface area (Å²) in [6.07, 6.45) is 3.20. The Morgan fingerprint density at radius 3 is 2.54 bits per heavy atom. The SMILES string of the molecule is Cc1ccc(N2CC(NC(=O)/C=C/c3ccc([N+](=O)[O-])cc3)CC2=O)cc1C. The van der Waals surface area contributed by atoms with Gasteiger partial charge < -0.3 is 10.2 Å². The van der Waals surface area contributed by atoms with Gasteiger partial charge in [0.1, 0.15) is 0 Å². The average Bonchev–Trinajstić information content (AvgIpc) is 3.02. The van der Waals surface area contributed by atoms with Crippen molar-refractivity contribution in [3.05, 3.63) is 75.3 Å². The van der Waals surface area contributed by atoms with Gasteiger partial charge in [0.2, 0.25) is 11.8 Å². The molecule has 3 rings (SSSR count). The highest BCUT2D eigenvalue weighted by molar-refractivity contribution is 5.98. The normalized spacial score (nSPS) is 16.6. The number of rotatable bonds is 5. The van der Waals surface area contributed by atoms with Crippen LogP contribution in [-0.4, -0.2) is 29.3 Å². The summed E-state index contributed by atoms with van der Waals surface area (Å²) in [5, 5.41) is 13.5. The maximum absolute atomic E-state index is 12.3. The summed E-state index contributed by atoms with van der Waals surface area (Å²) in [5.74, 6) is -0.328. The largest absolute Gasteiger partial charge is 0.347 e. The number of anilines is 1. The maximum Gasteiger partial charge on any atom is 0.269 e. The van der Waals surface area contributed by atoms with Gasteiger partial charge in [-0.3, -0.25) is 19.7 Å².